The van der Waals surface area contributed by atoms with Gasteiger partial charge in [-0.2, -0.15) is 0 Å². The smallest absolute Gasteiger partial charge is 0.306 e. The standard InChI is InChI=1S/C68H128O6/c1-4-7-10-13-16-19-21-23-25-27-28-29-30-31-32-33-34-35-36-37-38-39-41-42-44-46-49-52-55-58-61-67(70)73-64-65(63-72-66(69)60-57-54-51-48-18-15-12-9-6-3)74-68(71)62-59-56-53-50-47-45-43-40-26-24-22-20-17-14-11-8-5-2/h17,20,24,26,65H,4-16,18-19,21-23,25,27-64H2,1-3H3/b20-17-,26-24-. The van der Waals surface area contributed by atoms with E-state index in [0.29, 0.717) is 19.3 Å². The van der Waals surface area contributed by atoms with E-state index in [1.165, 1.54) is 263 Å². The molecule has 1 atom stereocenters. The molecule has 0 heterocycles. The summed E-state index contributed by atoms with van der Waals surface area (Å²) in [7, 11) is 0. The Morgan fingerprint density at radius 2 is 0.486 bits per heavy atom. The van der Waals surface area contributed by atoms with Crippen LogP contribution in [-0.2, 0) is 28.6 Å². The summed E-state index contributed by atoms with van der Waals surface area (Å²) >= 11 is 0. The van der Waals surface area contributed by atoms with Gasteiger partial charge in [0, 0.05) is 19.3 Å². The van der Waals surface area contributed by atoms with Crippen LogP contribution in [0.15, 0.2) is 24.3 Å². The Hall–Kier alpha value is -2.11. The predicted octanol–water partition coefficient (Wildman–Crippen LogP) is 22.6. The molecular weight excluding hydrogens is 913 g/mol. The zero-order valence-electron chi connectivity index (χ0n) is 50.1. The van der Waals surface area contributed by atoms with E-state index in [0.717, 1.165) is 70.6 Å². The molecule has 0 aliphatic rings. The lowest BCUT2D eigenvalue weighted by atomic mass is 10.0. The van der Waals surface area contributed by atoms with Gasteiger partial charge in [0.2, 0.25) is 0 Å². The maximum absolute atomic E-state index is 12.9. The van der Waals surface area contributed by atoms with Crippen LogP contribution in [0.3, 0.4) is 0 Å². The Kier molecular flexibility index (Phi) is 61.6. The lowest BCUT2D eigenvalue weighted by molar-refractivity contribution is -0.167. The second-order valence-electron chi connectivity index (χ2n) is 22.7. The molecule has 0 bridgehead atoms. The van der Waals surface area contributed by atoms with Crippen LogP contribution in [0.4, 0.5) is 0 Å². The first-order valence-electron chi connectivity index (χ1n) is 33.3. The number of carbonyl (C=O) groups excluding carboxylic acids is 3. The third-order valence-corrected chi connectivity index (χ3v) is 15.2. The highest BCUT2D eigenvalue weighted by molar-refractivity contribution is 5.71. The molecule has 1 unspecified atom stereocenters. The number of esters is 3. The van der Waals surface area contributed by atoms with Gasteiger partial charge in [-0.05, 0) is 51.4 Å². The highest BCUT2D eigenvalue weighted by Gasteiger charge is 2.19. The van der Waals surface area contributed by atoms with E-state index >= 15 is 0 Å². The number of allylic oxidation sites excluding steroid dienone is 4. The molecule has 0 spiro atoms. The van der Waals surface area contributed by atoms with Crippen molar-refractivity contribution in [2.75, 3.05) is 13.2 Å². The van der Waals surface area contributed by atoms with Crippen LogP contribution in [0, 0.1) is 0 Å². The van der Waals surface area contributed by atoms with Crippen molar-refractivity contribution in [3.63, 3.8) is 0 Å². The number of carbonyl (C=O) groups is 3. The molecule has 0 aliphatic carbocycles. The van der Waals surface area contributed by atoms with Gasteiger partial charge >= 0.3 is 17.9 Å². The molecule has 0 saturated heterocycles. The van der Waals surface area contributed by atoms with Gasteiger partial charge in [-0.25, -0.2) is 0 Å². The van der Waals surface area contributed by atoms with Gasteiger partial charge < -0.3 is 14.2 Å². The summed E-state index contributed by atoms with van der Waals surface area (Å²) in [6, 6.07) is 0. The number of ether oxygens (including phenoxy) is 3. The molecule has 0 aliphatic heterocycles. The Bertz CT molecular complexity index is 1190. The Labute approximate surface area is 462 Å². The molecule has 0 aromatic rings. The average Bonchev–Trinajstić information content (AvgIpc) is 3.40. The number of unbranched alkanes of at least 4 members (excludes halogenated alkanes) is 47. The zero-order chi connectivity index (χ0) is 53.6. The topological polar surface area (TPSA) is 78.9 Å². The Balaban J connectivity index is 4.05. The number of hydrogen-bond donors (Lipinski definition) is 0. The third-order valence-electron chi connectivity index (χ3n) is 15.2. The van der Waals surface area contributed by atoms with Gasteiger partial charge in [0.1, 0.15) is 13.2 Å². The maximum Gasteiger partial charge on any atom is 0.306 e. The largest absolute Gasteiger partial charge is 0.462 e. The lowest BCUT2D eigenvalue weighted by Crippen LogP contribution is -2.30. The highest BCUT2D eigenvalue weighted by Crippen LogP contribution is 2.18. The fraction of sp³-hybridized carbons (Fsp3) is 0.897. The van der Waals surface area contributed by atoms with E-state index in [9.17, 15) is 14.4 Å². The van der Waals surface area contributed by atoms with Crippen molar-refractivity contribution in [2.45, 2.75) is 380 Å². The average molecular weight is 1040 g/mol. The molecule has 0 amide bonds. The van der Waals surface area contributed by atoms with Crippen molar-refractivity contribution in [3.8, 4) is 0 Å². The van der Waals surface area contributed by atoms with E-state index in [1.54, 1.807) is 0 Å². The van der Waals surface area contributed by atoms with Crippen LogP contribution in [0.25, 0.3) is 0 Å². The van der Waals surface area contributed by atoms with Crippen molar-refractivity contribution in [1.82, 2.24) is 0 Å². The van der Waals surface area contributed by atoms with Crippen molar-refractivity contribution < 1.29 is 28.6 Å². The van der Waals surface area contributed by atoms with Crippen LogP contribution >= 0.6 is 0 Å². The molecule has 74 heavy (non-hydrogen) atoms. The van der Waals surface area contributed by atoms with E-state index in [-0.39, 0.29) is 31.1 Å². The van der Waals surface area contributed by atoms with E-state index in [1.807, 2.05) is 0 Å². The molecule has 0 rings (SSSR count). The van der Waals surface area contributed by atoms with Crippen LogP contribution in [0.5, 0.6) is 0 Å². The van der Waals surface area contributed by atoms with Gasteiger partial charge in [-0.1, -0.05) is 328 Å². The van der Waals surface area contributed by atoms with Crippen molar-refractivity contribution in [1.29, 1.82) is 0 Å². The molecule has 0 fully saturated rings. The number of hydrogen-bond acceptors (Lipinski definition) is 6. The van der Waals surface area contributed by atoms with E-state index in [4.69, 9.17) is 14.2 Å². The second kappa shape index (κ2) is 63.4. The minimum absolute atomic E-state index is 0.0690. The third kappa shape index (κ3) is 60.8. The van der Waals surface area contributed by atoms with Gasteiger partial charge in [0.15, 0.2) is 6.10 Å². The first-order chi connectivity index (χ1) is 36.5. The van der Waals surface area contributed by atoms with E-state index in [2.05, 4.69) is 45.1 Å². The SMILES string of the molecule is CCCCC/C=C\C/C=C\CCCCCCCCCC(=O)OC(COC(=O)CCCCCCCCCCC)COC(=O)CCCCCCCCCCCCCCCCCCCCCCCCCCCCCCCC. The summed E-state index contributed by atoms with van der Waals surface area (Å²) in [5.74, 6) is -0.855. The van der Waals surface area contributed by atoms with Crippen molar-refractivity contribution in [3.05, 3.63) is 24.3 Å². The summed E-state index contributed by atoms with van der Waals surface area (Å²) in [6.45, 7) is 6.65. The fourth-order valence-corrected chi connectivity index (χ4v) is 10.2. The highest BCUT2D eigenvalue weighted by atomic mass is 16.6. The van der Waals surface area contributed by atoms with Crippen molar-refractivity contribution in [2.24, 2.45) is 0 Å². The molecule has 0 aromatic carbocycles. The first kappa shape index (κ1) is 71.9. The van der Waals surface area contributed by atoms with Crippen LogP contribution < -0.4 is 0 Å². The van der Waals surface area contributed by atoms with Crippen LogP contribution in [0.1, 0.15) is 374 Å². The summed E-state index contributed by atoms with van der Waals surface area (Å²) in [5, 5.41) is 0. The monoisotopic (exact) mass is 1040 g/mol. The maximum atomic E-state index is 12.9. The fourth-order valence-electron chi connectivity index (χ4n) is 10.2. The van der Waals surface area contributed by atoms with Gasteiger partial charge in [0.25, 0.3) is 0 Å². The van der Waals surface area contributed by atoms with Gasteiger partial charge in [0.05, 0.1) is 0 Å². The predicted molar refractivity (Wildman–Crippen MR) is 321 cm³/mol. The molecule has 0 aromatic heterocycles. The molecule has 6 nitrogen and oxygen atoms in total. The minimum atomic E-state index is -0.771. The summed E-state index contributed by atoms with van der Waals surface area (Å²) in [5.41, 5.74) is 0. The first-order valence-corrected chi connectivity index (χ1v) is 33.3. The normalized spacial score (nSPS) is 12.1. The second-order valence-corrected chi connectivity index (χ2v) is 22.7. The number of rotatable bonds is 62. The van der Waals surface area contributed by atoms with Crippen LogP contribution in [0.2, 0.25) is 0 Å². The molecular formula is C68H128O6. The van der Waals surface area contributed by atoms with Gasteiger partial charge in [-0.15, -0.1) is 0 Å². The summed E-state index contributed by atoms with van der Waals surface area (Å²) < 4.78 is 16.9. The van der Waals surface area contributed by atoms with Gasteiger partial charge in [-0.3, -0.25) is 14.4 Å². The Morgan fingerprint density at radius 1 is 0.270 bits per heavy atom. The molecule has 0 N–H and O–H groups in total. The lowest BCUT2D eigenvalue weighted by Gasteiger charge is -2.18. The minimum Gasteiger partial charge on any atom is -0.462 e. The summed E-state index contributed by atoms with van der Waals surface area (Å²) in [6.07, 6.45) is 76.5. The quantitative estimate of drug-likeness (QED) is 0.0261. The summed E-state index contributed by atoms with van der Waals surface area (Å²) in [4.78, 5) is 38.2. The Morgan fingerprint density at radius 3 is 0.770 bits per heavy atom. The molecule has 0 radical (unpaired) electrons. The van der Waals surface area contributed by atoms with E-state index < -0.39 is 6.10 Å². The van der Waals surface area contributed by atoms with Crippen molar-refractivity contribution >= 4 is 17.9 Å². The molecule has 6 heteroatoms. The zero-order valence-corrected chi connectivity index (χ0v) is 50.1. The van der Waals surface area contributed by atoms with Crippen LogP contribution in [-0.4, -0.2) is 37.2 Å². The molecule has 0 saturated carbocycles. The molecule has 436 valence electrons.